The van der Waals surface area contributed by atoms with Crippen LogP contribution in [0.1, 0.15) is 18.1 Å². The van der Waals surface area contributed by atoms with Gasteiger partial charge in [0.25, 0.3) is 5.91 Å². The van der Waals surface area contributed by atoms with Crippen LogP contribution in [0.4, 0.5) is 0 Å². The normalized spacial score (nSPS) is 21.4. The van der Waals surface area contributed by atoms with Gasteiger partial charge >= 0.3 is 0 Å². The molecule has 0 N–H and O–H groups in total. The van der Waals surface area contributed by atoms with Gasteiger partial charge in [-0.3, -0.25) is 4.79 Å². The van der Waals surface area contributed by atoms with Crippen molar-refractivity contribution in [3.05, 3.63) is 35.4 Å². The Bertz CT molecular complexity index is 451. The topological polar surface area (TPSA) is 38.7 Å². The van der Waals surface area contributed by atoms with E-state index in [0.717, 1.165) is 0 Å². The Labute approximate surface area is 87.8 Å². The second-order valence-electron chi connectivity index (χ2n) is 4.15. The Hall–Kier alpha value is -1.64. The molecule has 0 unspecified atom stereocenters. The van der Waals surface area contributed by atoms with Crippen LogP contribution in [0.15, 0.2) is 29.3 Å². The molecule has 0 saturated carbocycles. The number of nitrogens with zero attached hydrogens (tertiary/aromatic N) is 1. The molecule has 0 radical (unpaired) electrons. The van der Waals surface area contributed by atoms with E-state index < -0.39 is 5.60 Å². The minimum Gasteiger partial charge on any atom is -0.464 e. The van der Waals surface area contributed by atoms with Gasteiger partial charge in [0.15, 0.2) is 11.5 Å². The minimum absolute atomic E-state index is 0.129. The fraction of sp³-hybridized carbons (Fsp3) is 0.333. The summed E-state index contributed by atoms with van der Waals surface area (Å²) in [7, 11) is 0. The molecule has 1 spiro atoms. The van der Waals surface area contributed by atoms with E-state index in [9.17, 15) is 4.79 Å². The molecule has 1 aromatic carbocycles. The SMILES string of the molecule is CC1=NC(=O)C2(Cc3ccccc3C2)O1. The molecular formula is C12H11NO2. The number of amides is 1. The second kappa shape index (κ2) is 2.69. The number of fused-ring (bicyclic) bond motifs is 1. The molecule has 1 aliphatic carbocycles. The van der Waals surface area contributed by atoms with Crippen LogP contribution in [0.5, 0.6) is 0 Å². The first-order valence-corrected chi connectivity index (χ1v) is 5.05. The van der Waals surface area contributed by atoms with Crippen molar-refractivity contribution in [3.8, 4) is 0 Å². The number of benzene rings is 1. The van der Waals surface area contributed by atoms with Crippen LogP contribution in [0.2, 0.25) is 0 Å². The molecule has 0 saturated heterocycles. The zero-order valence-corrected chi connectivity index (χ0v) is 8.49. The second-order valence-corrected chi connectivity index (χ2v) is 4.15. The van der Waals surface area contributed by atoms with Crippen molar-refractivity contribution >= 4 is 11.8 Å². The number of hydrogen-bond donors (Lipinski definition) is 0. The van der Waals surface area contributed by atoms with E-state index in [0.29, 0.717) is 18.7 Å². The predicted octanol–water partition coefficient (Wildman–Crippen LogP) is 1.50. The van der Waals surface area contributed by atoms with Gasteiger partial charge in [0.1, 0.15) is 0 Å². The first-order chi connectivity index (χ1) is 7.20. The van der Waals surface area contributed by atoms with Gasteiger partial charge in [-0.05, 0) is 11.1 Å². The lowest BCUT2D eigenvalue weighted by Crippen LogP contribution is -2.37. The molecule has 2 aliphatic rings. The van der Waals surface area contributed by atoms with E-state index in [1.807, 2.05) is 24.3 Å². The molecule has 1 aliphatic heterocycles. The molecule has 3 nitrogen and oxygen atoms in total. The molecule has 76 valence electrons. The van der Waals surface area contributed by atoms with E-state index in [1.54, 1.807) is 6.92 Å². The zero-order chi connectivity index (χ0) is 10.5. The number of aliphatic imine (C=N–C) groups is 1. The first-order valence-electron chi connectivity index (χ1n) is 5.05. The predicted molar refractivity (Wildman–Crippen MR) is 55.8 cm³/mol. The molecule has 15 heavy (non-hydrogen) atoms. The maximum absolute atomic E-state index is 11.8. The lowest BCUT2D eigenvalue weighted by Gasteiger charge is -2.19. The zero-order valence-electron chi connectivity index (χ0n) is 8.49. The van der Waals surface area contributed by atoms with Crippen LogP contribution in [0.3, 0.4) is 0 Å². The number of rotatable bonds is 0. The van der Waals surface area contributed by atoms with Crippen LogP contribution in [-0.4, -0.2) is 17.4 Å². The molecular weight excluding hydrogens is 190 g/mol. The summed E-state index contributed by atoms with van der Waals surface area (Å²) in [5.74, 6) is 0.365. The standard InChI is InChI=1S/C12H11NO2/c1-8-13-11(14)12(15-8)6-9-4-2-3-5-10(9)7-12/h2-5H,6-7H2,1H3. The molecule has 0 fully saturated rings. The van der Waals surface area contributed by atoms with Gasteiger partial charge in [-0.15, -0.1) is 0 Å². The Kier molecular flexibility index (Phi) is 1.55. The van der Waals surface area contributed by atoms with Crippen LogP contribution in [0, 0.1) is 0 Å². The summed E-state index contributed by atoms with van der Waals surface area (Å²) in [6.07, 6.45) is 1.31. The van der Waals surface area contributed by atoms with Gasteiger partial charge in [-0.25, -0.2) is 0 Å². The van der Waals surface area contributed by atoms with E-state index in [2.05, 4.69) is 4.99 Å². The number of carbonyl (C=O) groups is 1. The van der Waals surface area contributed by atoms with Crippen molar-refractivity contribution in [3.63, 3.8) is 0 Å². The lowest BCUT2D eigenvalue weighted by molar-refractivity contribution is -0.130. The maximum Gasteiger partial charge on any atom is 0.293 e. The van der Waals surface area contributed by atoms with Crippen LogP contribution < -0.4 is 0 Å². The van der Waals surface area contributed by atoms with Crippen LogP contribution >= 0.6 is 0 Å². The van der Waals surface area contributed by atoms with E-state index in [1.165, 1.54) is 11.1 Å². The summed E-state index contributed by atoms with van der Waals surface area (Å²) in [5, 5.41) is 0. The quantitative estimate of drug-likeness (QED) is 0.638. The van der Waals surface area contributed by atoms with Gasteiger partial charge in [-0.2, -0.15) is 4.99 Å². The highest BCUT2D eigenvalue weighted by Crippen LogP contribution is 2.36. The van der Waals surface area contributed by atoms with E-state index >= 15 is 0 Å². The van der Waals surface area contributed by atoms with E-state index in [-0.39, 0.29) is 5.91 Å². The molecule has 1 amide bonds. The Morgan fingerprint density at radius 1 is 1.27 bits per heavy atom. The van der Waals surface area contributed by atoms with Crippen LogP contribution in [0.25, 0.3) is 0 Å². The minimum atomic E-state index is -0.715. The van der Waals surface area contributed by atoms with Crippen molar-refractivity contribution < 1.29 is 9.53 Å². The number of ether oxygens (including phenoxy) is 1. The fourth-order valence-corrected chi connectivity index (χ4v) is 2.40. The summed E-state index contributed by atoms with van der Waals surface area (Å²) in [6.45, 7) is 1.73. The summed E-state index contributed by atoms with van der Waals surface area (Å²) >= 11 is 0. The molecule has 1 heterocycles. The first kappa shape index (κ1) is 8.65. The maximum atomic E-state index is 11.8. The third-order valence-corrected chi connectivity index (χ3v) is 3.06. The molecule has 0 aromatic heterocycles. The molecule has 0 atom stereocenters. The Balaban J connectivity index is 2.00. The van der Waals surface area contributed by atoms with Gasteiger partial charge < -0.3 is 4.74 Å². The average Bonchev–Trinajstić information content (AvgIpc) is 2.67. The van der Waals surface area contributed by atoms with Gasteiger partial charge in [0, 0.05) is 19.8 Å². The monoisotopic (exact) mass is 201 g/mol. The molecule has 3 heteroatoms. The van der Waals surface area contributed by atoms with E-state index in [4.69, 9.17) is 4.74 Å². The third kappa shape index (κ3) is 1.12. The molecule has 0 bridgehead atoms. The number of hydrogen-bond acceptors (Lipinski definition) is 2. The summed E-state index contributed by atoms with van der Waals surface area (Å²) in [5.41, 5.74) is 1.69. The van der Waals surface area contributed by atoms with Crippen molar-refractivity contribution in [2.75, 3.05) is 0 Å². The highest BCUT2D eigenvalue weighted by atomic mass is 16.5. The van der Waals surface area contributed by atoms with Crippen molar-refractivity contribution in [2.24, 2.45) is 4.99 Å². The van der Waals surface area contributed by atoms with Crippen molar-refractivity contribution in [1.29, 1.82) is 0 Å². The Morgan fingerprint density at radius 2 is 1.87 bits per heavy atom. The highest BCUT2D eigenvalue weighted by molar-refractivity contribution is 6.02. The fourth-order valence-electron chi connectivity index (χ4n) is 2.40. The smallest absolute Gasteiger partial charge is 0.293 e. The van der Waals surface area contributed by atoms with Crippen LogP contribution in [-0.2, 0) is 22.4 Å². The average molecular weight is 201 g/mol. The third-order valence-electron chi connectivity index (χ3n) is 3.06. The van der Waals surface area contributed by atoms with Gasteiger partial charge in [-0.1, -0.05) is 24.3 Å². The largest absolute Gasteiger partial charge is 0.464 e. The molecule has 3 rings (SSSR count). The molecule has 1 aromatic rings. The Morgan fingerprint density at radius 3 is 2.33 bits per heavy atom. The van der Waals surface area contributed by atoms with Crippen molar-refractivity contribution in [1.82, 2.24) is 0 Å². The summed E-state index contributed by atoms with van der Waals surface area (Å²) < 4.78 is 5.60. The van der Waals surface area contributed by atoms with Gasteiger partial charge in [0.2, 0.25) is 0 Å². The summed E-state index contributed by atoms with van der Waals surface area (Å²) in [4.78, 5) is 15.6. The lowest BCUT2D eigenvalue weighted by atomic mass is 10.0. The number of carbonyl (C=O) groups excluding carboxylic acids is 1. The van der Waals surface area contributed by atoms with Crippen molar-refractivity contribution in [2.45, 2.75) is 25.4 Å². The van der Waals surface area contributed by atoms with Gasteiger partial charge in [0.05, 0.1) is 0 Å². The highest BCUT2D eigenvalue weighted by Gasteiger charge is 2.49. The summed E-state index contributed by atoms with van der Waals surface area (Å²) in [6, 6.07) is 8.08.